The number of unbranched alkanes of at least 4 members (excludes halogenated alkanes) is 16. The monoisotopic (exact) mass is 2120 g/mol. The summed E-state index contributed by atoms with van der Waals surface area (Å²) < 4.78 is 91.9. The quantitative estimate of drug-likeness (QED) is 0.0309. The molecule has 0 aromatic heterocycles. The molecular weight excluding hydrogens is 1950 g/mol. The number of carbonyl (C=O) groups is 16. The number of hydrogen-bond donors (Lipinski definition) is 10. The largest absolute Gasteiger partial charge is 0.396 e. The van der Waals surface area contributed by atoms with Gasteiger partial charge in [0.1, 0.15) is 5.60 Å². The maximum absolute atomic E-state index is 13.3. The Balaban J connectivity index is 1.44. The van der Waals surface area contributed by atoms with Crippen LogP contribution < -0.4 is 48.0 Å². The van der Waals surface area contributed by atoms with Crippen LogP contribution in [0.1, 0.15) is 250 Å². The number of aliphatic hydroxyl groups excluding tert-OH is 1. The first-order valence-corrected chi connectivity index (χ1v) is 53.2. The first kappa shape index (κ1) is 133. The number of amides is 12. The van der Waals surface area contributed by atoms with Crippen molar-refractivity contribution in [1.82, 2.24) is 63.2 Å². The van der Waals surface area contributed by atoms with Gasteiger partial charge in [-0.05, 0) is 70.6 Å². The highest BCUT2D eigenvalue weighted by Gasteiger charge is 2.35. The van der Waals surface area contributed by atoms with Gasteiger partial charge >= 0.3 is 23.9 Å². The number of rotatable bonds is 104. The standard InChI is InChI=1S/C99H174N12O37/c112-51-31-91(121)108-145-95(125)27-13-5-1-9-17-40-100-83(113)32-52-129-64-72-137-76-68-133-60-44-104-87(117)36-56-141-80-99(144-59-39-90(120)107-47-63-136-71-79-140-75-67-132-55-35-86(116)103-43-20-12-4-8-16-30-98(128)148-111-50-23-26-94(111)124,81-142-57-37-88(118)105-45-61-134-69-77-138-73-65-130-53-33-84(114)101-41-18-10-2-6-14-28-96(126)146-109-48-21-24-92(109)122)82-143-58-38-89(119)106-46-62-135-70-78-139-74-66-131-54-34-85(115)102-42-19-11-3-7-15-29-97(127)147-110-49-22-25-93(110)123/h112H,1-82H2,(H,100,113)(H,101,114)(H,102,115)(H,103,116)(H,104,117)(H,105,118)(H,106,119)(H,107,120)(H,108,121). The van der Waals surface area contributed by atoms with E-state index in [9.17, 15) is 76.7 Å². The number of hydrogen-bond acceptors (Lipinski definition) is 37. The molecular formula is C99H174N12O37. The number of aliphatic hydroxyl groups is 1. The van der Waals surface area contributed by atoms with Gasteiger partial charge in [0.2, 0.25) is 47.3 Å². The summed E-state index contributed by atoms with van der Waals surface area (Å²) in [6, 6.07) is 0. The molecule has 0 aromatic rings. The van der Waals surface area contributed by atoms with Crippen LogP contribution in [-0.2, 0) is 172 Å². The average molecular weight is 2120 g/mol. The van der Waals surface area contributed by atoms with Crippen LogP contribution in [0.5, 0.6) is 0 Å². The fourth-order valence-corrected chi connectivity index (χ4v) is 14.1. The van der Waals surface area contributed by atoms with E-state index in [2.05, 4.69) is 47.4 Å². The molecule has 0 atom stereocenters. The second-order valence-electron chi connectivity index (χ2n) is 35.1. The Morgan fingerprint density at radius 2 is 0.432 bits per heavy atom. The van der Waals surface area contributed by atoms with Crippen LogP contribution in [-0.4, -0.2) is 404 Å². The number of nitrogens with zero attached hydrogens (tertiary/aromatic N) is 3. The number of hydroxylamine groups is 7. The van der Waals surface area contributed by atoms with Crippen LogP contribution >= 0.6 is 0 Å². The van der Waals surface area contributed by atoms with E-state index < -0.39 is 35.4 Å². The van der Waals surface area contributed by atoms with Crippen molar-refractivity contribution in [3.05, 3.63) is 0 Å². The van der Waals surface area contributed by atoms with Gasteiger partial charge in [0, 0.05) is 149 Å². The lowest BCUT2D eigenvalue weighted by Gasteiger charge is -2.33. The van der Waals surface area contributed by atoms with Crippen LogP contribution in [0.25, 0.3) is 0 Å². The molecule has 10 N–H and O–H groups in total. The smallest absolute Gasteiger partial charge is 0.332 e. The molecule has 0 bridgehead atoms. The third kappa shape index (κ3) is 81.7. The summed E-state index contributed by atoms with van der Waals surface area (Å²) in [6.45, 7) is 8.45. The van der Waals surface area contributed by atoms with Gasteiger partial charge in [0.25, 0.3) is 23.6 Å². The second-order valence-corrected chi connectivity index (χ2v) is 35.1. The summed E-state index contributed by atoms with van der Waals surface area (Å²) in [7, 11) is 0. The van der Waals surface area contributed by atoms with Gasteiger partial charge in [-0.15, -0.1) is 0 Å². The lowest BCUT2D eigenvalue weighted by atomic mass is 10.1. The Bertz CT molecular complexity index is 3430. The Morgan fingerprint density at radius 3 is 0.676 bits per heavy atom. The van der Waals surface area contributed by atoms with E-state index in [-0.39, 0.29) is 386 Å². The summed E-state index contributed by atoms with van der Waals surface area (Å²) in [6.07, 6.45) is 20.6. The summed E-state index contributed by atoms with van der Waals surface area (Å²) >= 11 is 0. The van der Waals surface area contributed by atoms with Gasteiger partial charge in [-0.1, -0.05) is 77.0 Å². The molecule has 12 amide bonds. The van der Waals surface area contributed by atoms with E-state index in [0.29, 0.717) is 110 Å². The van der Waals surface area contributed by atoms with Gasteiger partial charge in [-0.3, -0.25) is 57.5 Å². The maximum atomic E-state index is 13.3. The highest BCUT2D eigenvalue weighted by molar-refractivity contribution is 5.82. The van der Waals surface area contributed by atoms with E-state index >= 15 is 0 Å². The molecule has 0 radical (unpaired) electrons. The molecule has 49 nitrogen and oxygen atoms in total. The summed E-state index contributed by atoms with van der Waals surface area (Å²) in [5.41, 5.74) is 0.531. The molecule has 852 valence electrons. The molecule has 0 spiro atoms. The fourth-order valence-electron chi connectivity index (χ4n) is 14.1. The molecule has 3 aliphatic rings. The van der Waals surface area contributed by atoms with Crippen LogP contribution in [0, 0.1) is 0 Å². The average Bonchev–Trinajstić information content (AvgIpc) is 1.27. The first-order valence-electron chi connectivity index (χ1n) is 53.2. The summed E-state index contributed by atoms with van der Waals surface area (Å²) in [5.74, 6) is -4.72. The molecule has 0 saturated carbocycles. The zero-order chi connectivity index (χ0) is 107. The minimum absolute atomic E-state index is 0.0768. The molecule has 3 rings (SSSR count). The van der Waals surface area contributed by atoms with E-state index in [1.807, 2.05) is 5.48 Å². The van der Waals surface area contributed by atoms with Crippen molar-refractivity contribution in [2.45, 2.75) is 256 Å². The minimum atomic E-state index is -1.46. The van der Waals surface area contributed by atoms with Gasteiger partial charge in [0.05, 0.1) is 237 Å². The number of nitrogens with one attached hydrogen (secondary N) is 9. The van der Waals surface area contributed by atoms with Crippen molar-refractivity contribution in [3.8, 4) is 0 Å². The maximum Gasteiger partial charge on any atom is 0.332 e. The van der Waals surface area contributed by atoms with Crippen LogP contribution in [0.3, 0.4) is 0 Å². The van der Waals surface area contributed by atoms with E-state index in [1.165, 1.54) is 0 Å². The SMILES string of the molecule is O=C(CCOCCOCCOCCNC(=O)CCOCC(COCCC(=O)NCCOCCOCCOCCC(=O)NCCCCCCCC(=O)ON1CCCC1=O)(COCCC(=O)NCCOCCOCCOCCC(=O)NCCCCCCCC(=O)ON1CCCC1=O)OCCC(=O)NCCOCCOCCOCCC(=O)NCCCCCCCC(=O)ON1CCCC1=O)NCCCCCCCC(=O)ONC(=O)CCO. The van der Waals surface area contributed by atoms with E-state index in [0.717, 1.165) is 118 Å². The highest BCUT2D eigenvalue weighted by Crippen LogP contribution is 2.20. The predicted molar refractivity (Wildman–Crippen MR) is 530 cm³/mol. The van der Waals surface area contributed by atoms with Gasteiger partial charge < -0.3 is 143 Å². The van der Waals surface area contributed by atoms with Gasteiger partial charge in [-0.25, -0.2) is 19.2 Å². The molecule has 3 aliphatic heterocycles. The van der Waals surface area contributed by atoms with Crippen molar-refractivity contribution in [3.63, 3.8) is 0 Å². The Labute approximate surface area is 870 Å². The predicted octanol–water partition coefficient (Wildman–Crippen LogP) is 2.60. The molecule has 0 unspecified atom stereocenters. The van der Waals surface area contributed by atoms with Crippen molar-refractivity contribution >= 4 is 94.8 Å². The third-order valence-electron chi connectivity index (χ3n) is 22.3. The van der Waals surface area contributed by atoms with Crippen LogP contribution in [0.4, 0.5) is 0 Å². The van der Waals surface area contributed by atoms with Crippen LogP contribution in [0.2, 0.25) is 0 Å². The zero-order valence-corrected chi connectivity index (χ0v) is 87.5. The van der Waals surface area contributed by atoms with Gasteiger partial charge in [0.15, 0.2) is 0 Å². The number of carbonyl (C=O) groups excluding carboxylic acids is 16. The molecule has 49 heteroatoms. The number of ether oxygens (including phenoxy) is 16. The summed E-state index contributed by atoms with van der Waals surface area (Å²) in [4.78, 5) is 216. The second kappa shape index (κ2) is 95.0. The molecule has 3 fully saturated rings. The fraction of sp³-hybridized carbons (Fsp3) is 0.838. The van der Waals surface area contributed by atoms with Crippen molar-refractivity contribution in [2.75, 3.05) is 283 Å². The lowest BCUT2D eigenvalue weighted by molar-refractivity contribution is -0.193. The normalized spacial score (nSPS) is 13.0. The Morgan fingerprint density at radius 1 is 0.223 bits per heavy atom. The zero-order valence-electron chi connectivity index (χ0n) is 87.5. The van der Waals surface area contributed by atoms with E-state index in [4.69, 9.17) is 95.4 Å². The molecule has 0 aromatic carbocycles. The molecule has 148 heavy (non-hydrogen) atoms. The molecule has 3 saturated heterocycles. The van der Waals surface area contributed by atoms with E-state index in [1.54, 1.807) is 0 Å². The molecule has 0 aliphatic carbocycles. The topological polar surface area (TPSA) is 596 Å². The highest BCUT2D eigenvalue weighted by atomic mass is 16.7. The Hall–Kier alpha value is -9.16. The molecule has 3 heterocycles. The Kier molecular flexibility index (Phi) is 85.4. The minimum Gasteiger partial charge on any atom is -0.396 e. The third-order valence-corrected chi connectivity index (χ3v) is 22.3. The first-order chi connectivity index (χ1) is 72.1. The van der Waals surface area contributed by atoms with Crippen molar-refractivity contribution in [2.24, 2.45) is 0 Å². The van der Waals surface area contributed by atoms with Crippen molar-refractivity contribution in [1.29, 1.82) is 0 Å². The summed E-state index contributed by atoms with van der Waals surface area (Å²) in [5, 5.41) is 34.9. The van der Waals surface area contributed by atoms with Crippen molar-refractivity contribution < 1.29 is 177 Å². The lowest BCUT2D eigenvalue weighted by Crippen LogP contribution is -2.48. The van der Waals surface area contributed by atoms with Crippen LogP contribution in [0.15, 0.2) is 0 Å². The van der Waals surface area contributed by atoms with Gasteiger partial charge in [-0.2, -0.15) is 20.7 Å².